The zero-order chi connectivity index (χ0) is 11.9. The van der Waals surface area contributed by atoms with Crippen LogP contribution in [0, 0.1) is 15.5 Å². The van der Waals surface area contributed by atoms with Crippen molar-refractivity contribution in [3.63, 3.8) is 0 Å². The van der Waals surface area contributed by atoms with Crippen LogP contribution in [0.15, 0.2) is 22.7 Å². The number of nitrogens with one attached hydrogen (secondary N) is 1. The lowest BCUT2D eigenvalue weighted by atomic mass is 10.2. The molecule has 0 bridgehead atoms. The zero-order valence-corrected chi connectivity index (χ0v) is 10.7. The second-order valence-electron chi connectivity index (χ2n) is 4.81. The van der Waals surface area contributed by atoms with Crippen LogP contribution in [-0.2, 0) is 0 Å². The molecular weight excluding hydrogens is 272 g/mol. The van der Waals surface area contributed by atoms with Gasteiger partial charge in [-0.25, -0.2) is 0 Å². The van der Waals surface area contributed by atoms with Crippen molar-refractivity contribution in [3.8, 4) is 0 Å². The average molecular weight is 285 g/mol. The van der Waals surface area contributed by atoms with Crippen LogP contribution in [0.4, 0.5) is 11.4 Å². The van der Waals surface area contributed by atoms with Gasteiger partial charge in [-0.1, -0.05) is 29.8 Å². The van der Waals surface area contributed by atoms with Crippen molar-refractivity contribution in [1.29, 1.82) is 0 Å². The number of nitro groups is 1. The highest BCUT2D eigenvalue weighted by molar-refractivity contribution is 9.10. The summed E-state index contributed by atoms with van der Waals surface area (Å²) in [6.07, 6.45) is 1.05. The van der Waals surface area contributed by atoms with E-state index in [-0.39, 0.29) is 16.0 Å². The molecule has 2 rings (SSSR count). The van der Waals surface area contributed by atoms with Crippen LogP contribution >= 0.6 is 15.9 Å². The lowest BCUT2D eigenvalue weighted by Gasteiger charge is -2.08. The number of rotatable bonds is 3. The lowest BCUT2D eigenvalue weighted by molar-refractivity contribution is -0.384. The Kier molecular flexibility index (Phi) is 2.66. The maximum atomic E-state index is 10.8. The van der Waals surface area contributed by atoms with E-state index in [0.717, 1.165) is 10.9 Å². The smallest absolute Gasteiger partial charge is 0.292 e. The van der Waals surface area contributed by atoms with E-state index in [4.69, 9.17) is 0 Å². The molecule has 0 saturated heterocycles. The van der Waals surface area contributed by atoms with E-state index in [1.807, 2.05) is 0 Å². The quantitative estimate of drug-likeness (QED) is 0.682. The molecule has 1 atom stereocenters. The molecule has 0 aromatic heterocycles. The molecule has 1 aliphatic carbocycles. The van der Waals surface area contributed by atoms with Gasteiger partial charge in [-0.2, -0.15) is 0 Å². The van der Waals surface area contributed by atoms with Crippen molar-refractivity contribution in [3.05, 3.63) is 32.8 Å². The summed E-state index contributed by atoms with van der Waals surface area (Å²) in [5, 5.41) is 14.1. The standard InChI is InChI=1S/C11H13BrN2O2/c1-11(2)6-10(11)13-8-5-7(12)3-4-9(8)14(15)16/h3-5,10,13H,6H2,1-2H3. The molecule has 4 nitrogen and oxygen atoms in total. The molecule has 1 saturated carbocycles. The van der Waals surface area contributed by atoms with Gasteiger partial charge in [0.15, 0.2) is 0 Å². The molecule has 0 heterocycles. The van der Waals surface area contributed by atoms with Gasteiger partial charge in [-0.05, 0) is 24.0 Å². The van der Waals surface area contributed by atoms with Gasteiger partial charge in [-0.15, -0.1) is 0 Å². The second-order valence-corrected chi connectivity index (χ2v) is 5.72. The fourth-order valence-corrected chi connectivity index (χ4v) is 2.05. The van der Waals surface area contributed by atoms with E-state index in [0.29, 0.717) is 11.7 Å². The van der Waals surface area contributed by atoms with E-state index in [1.54, 1.807) is 12.1 Å². The highest BCUT2D eigenvalue weighted by atomic mass is 79.9. The average Bonchev–Trinajstić information content (AvgIpc) is 2.72. The number of benzene rings is 1. The van der Waals surface area contributed by atoms with Gasteiger partial charge in [0, 0.05) is 16.6 Å². The maximum absolute atomic E-state index is 10.8. The minimum absolute atomic E-state index is 0.130. The molecule has 1 aliphatic rings. The van der Waals surface area contributed by atoms with Crippen molar-refractivity contribution >= 4 is 27.3 Å². The molecule has 0 amide bonds. The van der Waals surface area contributed by atoms with Gasteiger partial charge in [0.25, 0.3) is 5.69 Å². The Bertz CT molecular complexity index is 446. The Hall–Kier alpha value is -1.10. The van der Waals surface area contributed by atoms with Gasteiger partial charge < -0.3 is 5.32 Å². The summed E-state index contributed by atoms with van der Waals surface area (Å²) in [6.45, 7) is 4.29. The first kappa shape index (κ1) is 11.4. The van der Waals surface area contributed by atoms with Gasteiger partial charge in [0.2, 0.25) is 0 Å². The SMILES string of the molecule is CC1(C)CC1Nc1cc(Br)ccc1[N+](=O)[O-]. The van der Waals surface area contributed by atoms with E-state index in [9.17, 15) is 10.1 Å². The number of nitro benzene ring substituents is 1. The first-order valence-electron chi connectivity index (χ1n) is 5.10. The van der Waals surface area contributed by atoms with Gasteiger partial charge in [-0.3, -0.25) is 10.1 Å². The summed E-state index contributed by atoms with van der Waals surface area (Å²) >= 11 is 3.32. The number of anilines is 1. The van der Waals surface area contributed by atoms with Crippen molar-refractivity contribution in [2.45, 2.75) is 26.3 Å². The number of hydrogen-bond donors (Lipinski definition) is 1. The minimum atomic E-state index is -0.357. The van der Waals surface area contributed by atoms with Gasteiger partial charge in [0.1, 0.15) is 5.69 Å². The summed E-state index contributed by atoms with van der Waals surface area (Å²) in [6, 6.07) is 5.29. The minimum Gasteiger partial charge on any atom is -0.376 e. The Balaban J connectivity index is 2.25. The third kappa shape index (κ3) is 2.19. The van der Waals surface area contributed by atoms with E-state index >= 15 is 0 Å². The van der Waals surface area contributed by atoms with E-state index in [1.165, 1.54) is 6.07 Å². The van der Waals surface area contributed by atoms with Crippen LogP contribution in [0.2, 0.25) is 0 Å². The van der Waals surface area contributed by atoms with Crippen molar-refractivity contribution < 1.29 is 4.92 Å². The van der Waals surface area contributed by atoms with Crippen LogP contribution in [-0.4, -0.2) is 11.0 Å². The van der Waals surface area contributed by atoms with E-state index < -0.39 is 0 Å². The Morgan fingerprint density at radius 1 is 1.56 bits per heavy atom. The van der Waals surface area contributed by atoms with Crippen LogP contribution in [0.3, 0.4) is 0 Å². The van der Waals surface area contributed by atoms with Crippen LogP contribution in [0.1, 0.15) is 20.3 Å². The maximum Gasteiger partial charge on any atom is 0.292 e. The first-order chi connectivity index (χ1) is 7.40. The van der Waals surface area contributed by atoms with Gasteiger partial charge in [0.05, 0.1) is 4.92 Å². The molecule has 0 spiro atoms. The summed E-state index contributed by atoms with van der Waals surface area (Å²) in [5.41, 5.74) is 0.969. The van der Waals surface area contributed by atoms with Crippen LogP contribution in [0.5, 0.6) is 0 Å². The molecular formula is C11H13BrN2O2. The highest BCUT2D eigenvalue weighted by Gasteiger charge is 2.46. The predicted octanol–water partition coefficient (Wildman–Crippen LogP) is 3.57. The molecule has 86 valence electrons. The zero-order valence-electron chi connectivity index (χ0n) is 9.16. The molecule has 1 aromatic carbocycles. The fraction of sp³-hybridized carbons (Fsp3) is 0.455. The molecule has 1 aromatic rings. The Morgan fingerprint density at radius 3 is 2.69 bits per heavy atom. The Morgan fingerprint density at radius 2 is 2.19 bits per heavy atom. The molecule has 1 fully saturated rings. The molecule has 0 radical (unpaired) electrons. The van der Waals surface area contributed by atoms with Crippen molar-refractivity contribution in [2.24, 2.45) is 5.41 Å². The molecule has 16 heavy (non-hydrogen) atoms. The summed E-state index contributed by atoms with van der Waals surface area (Å²) in [7, 11) is 0. The van der Waals surface area contributed by atoms with Gasteiger partial charge >= 0.3 is 0 Å². The summed E-state index contributed by atoms with van der Waals surface area (Å²) in [4.78, 5) is 10.5. The van der Waals surface area contributed by atoms with Crippen molar-refractivity contribution in [2.75, 3.05) is 5.32 Å². The van der Waals surface area contributed by atoms with Crippen molar-refractivity contribution in [1.82, 2.24) is 0 Å². The fourth-order valence-electron chi connectivity index (χ4n) is 1.68. The van der Waals surface area contributed by atoms with Crippen LogP contribution < -0.4 is 5.32 Å². The number of halogens is 1. The monoisotopic (exact) mass is 284 g/mol. The Labute approximate surface area is 102 Å². The molecule has 5 heteroatoms. The highest BCUT2D eigenvalue weighted by Crippen LogP contribution is 2.47. The predicted molar refractivity (Wildman–Crippen MR) is 66.6 cm³/mol. The lowest BCUT2D eigenvalue weighted by Crippen LogP contribution is -2.09. The number of hydrogen-bond acceptors (Lipinski definition) is 3. The first-order valence-corrected chi connectivity index (χ1v) is 5.90. The third-order valence-corrected chi connectivity index (χ3v) is 3.49. The summed E-state index contributed by atoms with van der Waals surface area (Å²) < 4.78 is 0.846. The third-order valence-electron chi connectivity index (χ3n) is 3.00. The molecule has 1 unspecified atom stereocenters. The second kappa shape index (κ2) is 3.73. The summed E-state index contributed by atoms with van der Waals surface area (Å²) in [5.74, 6) is 0. The number of nitrogens with zero attached hydrogens (tertiary/aromatic N) is 1. The van der Waals surface area contributed by atoms with Crippen LogP contribution in [0.25, 0.3) is 0 Å². The van der Waals surface area contributed by atoms with E-state index in [2.05, 4.69) is 35.1 Å². The largest absolute Gasteiger partial charge is 0.376 e. The molecule has 1 N–H and O–H groups in total. The normalized spacial score (nSPS) is 21.6. The topological polar surface area (TPSA) is 55.2 Å². The molecule has 0 aliphatic heterocycles.